The smallest absolute Gasteiger partial charge is 0.339 e. The van der Waals surface area contributed by atoms with Crippen LogP contribution in [0.5, 0.6) is 11.5 Å². The maximum absolute atomic E-state index is 12.7. The van der Waals surface area contributed by atoms with E-state index < -0.39 is 10.1 Å². The Bertz CT molecular complexity index is 1420. The van der Waals surface area contributed by atoms with Gasteiger partial charge in [-0.2, -0.15) is 8.42 Å². The van der Waals surface area contributed by atoms with E-state index in [1.165, 1.54) is 30.0 Å². The van der Waals surface area contributed by atoms with Crippen molar-refractivity contribution in [1.82, 2.24) is 5.32 Å². The lowest BCUT2D eigenvalue weighted by Gasteiger charge is -2.13. The average molecular weight is 529 g/mol. The van der Waals surface area contributed by atoms with Crippen LogP contribution in [0.2, 0.25) is 5.02 Å². The van der Waals surface area contributed by atoms with Crippen LogP contribution < -0.4 is 14.2 Å². The molecular formula is C25H21ClN2O5S2. The Hall–Kier alpha value is -3.27. The van der Waals surface area contributed by atoms with E-state index in [-0.39, 0.29) is 22.3 Å². The summed E-state index contributed by atoms with van der Waals surface area (Å²) in [4.78, 5) is 17.3. The van der Waals surface area contributed by atoms with Gasteiger partial charge in [0.05, 0.1) is 17.2 Å². The minimum Gasteiger partial charge on any atom is -0.490 e. The molecule has 7 nitrogen and oxygen atoms in total. The first-order chi connectivity index (χ1) is 16.7. The SMILES string of the molecule is CCOc1cc(/C=C2/SC(=Nc3ccc(Cl)cc3)NC2=O)ccc1OS(=O)(=O)c1ccc(C)cc1. The predicted molar refractivity (Wildman–Crippen MR) is 139 cm³/mol. The molecule has 0 spiro atoms. The van der Waals surface area contributed by atoms with Crippen molar-refractivity contribution in [3.63, 3.8) is 0 Å². The molecule has 0 atom stereocenters. The van der Waals surface area contributed by atoms with Crippen LogP contribution in [0.3, 0.4) is 0 Å². The first-order valence-corrected chi connectivity index (χ1v) is 13.2. The van der Waals surface area contributed by atoms with Crippen LogP contribution >= 0.6 is 23.4 Å². The van der Waals surface area contributed by atoms with Crippen molar-refractivity contribution in [3.05, 3.63) is 87.8 Å². The van der Waals surface area contributed by atoms with Crippen molar-refractivity contribution in [2.24, 2.45) is 4.99 Å². The molecule has 1 aliphatic heterocycles. The summed E-state index contributed by atoms with van der Waals surface area (Å²) in [7, 11) is -4.04. The summed E-state index contributed by atoms with van der Waals surface area (Å²) in [6.07, 6.45) is 1.67. The number of nitrogens with zero attached hydrogens (tertiary/aromatic N) is 1. The molecule has 0 bridgehead atoms. The van der Waals surface area contributed by atoms with Gasteiger partial charge in [-0.3, -0.25) is 4.79 Å². The molecule has 0 aromatic heterocycles. The van der Waals surface area contributed by atoms with Crippen LogP contribution in [-0.4, -0.2) is 26.1 Å². The third-order valence-corrected chi connectivity index (χ3v) is 7.19. The van der Waals surface area contributed by atoms with Gasteiger partial charge in [0, 0.05) is 5.02 Å². The van der Waals surface area contributed by atoms with Gasteiger partial charge in [-0.05, 0) is 85.8 Å². The fraction of sp³-hybridized carbons (Fsp3) is 0.120. The molecule has 4 rings (SSSR count). The molecule has 0 saturated carbocycles. The summed E-state index contributed by atoms with van der Waals surface area (Å²) in [6.45, 7) is 3.95. The highest BCUT2D eigenvalue weighted by atomic mass is 35.5. The molecule has 35 heavy (non-hydrogen) atoms. The maximum Gasteiger partial charge on any atom is 0.339 e. The highest BCUT2D eigenvalue weighted by molar-refractivity contribution is 8.18. The second-order valence-electron chi connectivity index (χ2n) is 7.45. The van der Waals surface area contributed by atoms with Crippen LogP contribution in [0, 0.1) is 6.92 Å². The van der Waals surface area contributed by atoms with Crippen LogP contribution in [0.4, 0.5) is 5.69 Å². The Labute approximate surface area is 212 Å². The first kappa shape index (κ1) is 24.8. The second-order valence-corrected chi connectivity index (χ2v) is 10.5. The molecule has 0 unspecified atom stereocenters. The van der Waals surface area contributed by atoms with Crippen molar-refractivity contribution in [1.29, 1.82) is 0 Å². The number of carbonyl (C=O) groups excluding carboxylic acids is 1. The second kappa shape index (κ2) is 10.6. The van der Waals surface area contributed by atoms with Crippen molar-refractivity contribution >= 4 is 56.3 Å². The number of halogens is 1. The number of nitrogens with one attached hydrogen (secondary N) is 1. The molecule has 3 aromatic carbocycles. The maximum atomic E-state index is 12.7. The van der Waals surface area contributed by atoms with E-state index in [0.29, 0.717) is 33.0 Å². The van der Waals surface area contributed by atoms with Crippen LogP contribution in [0.1, 0.15) is 18.1 Å². The highest BCUT2D eigenvalue weighted by Crippen LogP contribution is 2.34. The molecule has 0 aliphatic carbocycles. The van der Waals surface area contributed by atoms with Crippen molar-refractivity contribution in [2.45, 2.75) is 18.7 Å². The minimum atomic E-state index is -4.04. The lowest BCUT2D eigenvalue weighted by molar-refractivity contribution is -0.115. The topological polar surface area (TPSA) is 94.1 Å². The Morgan fingerprint density at radius 1 is 1.03 bits per heavy atom. The van der Waals surface area contributed by atoms with Crippen molar-refractivity contribution < 1.29 is 22.1 Å². The molecular weight excluding hydrogens is 508 g/mol. The molecule has 1 aliphatic rings. The zero-order valence-electron chi connectivity index (χ0n) is 18.8. The molecule has 180 valence electrons. The summed E-state index contributed by atoms with van der Waals surface area (Å²) in [5.74, 6) is 0.0158. The van der Waals surface area contributed by atoms with Crippen molar-refractivity contribution in [2.75, 3.05) is 6.61 Å². The Balaban J connectivity index is 1.57. The molecule has 1 amide bonds. The van der Waals surface area contributed by atoms with E-state index in [0.717, 1.165) is 5.56 Å². The summed E-state index contributed by atoms with van der Waals surface area (Å²) in [5.41, 5.74) is 2.24. The van der Waals surface area contributed by atoms with E-state index in [2.05, 4.69) is 10.3 Å². The zero-order chi connectivity index (χ0) is 25.0. The fourth-order valence-electron chi connectivity index (χ4n) is 3.09. The lowest BCUT2D eigenvalue weighted by atomic mass is 10.2. The summed E-state index contributed by atoms with van der Waals surface area (Å²) >= 11 is 7.09. The van der Waals surface area contributed by atoms with Crippen LogP contribution in [-0.2, 0) is 14.9 Å². The third-order valence-electron chi connectivity index (χ3n) is 4.78. The van der Waals surface area contributed by atoms with Crippen LogP contribution in [0.25, 0.3) is 6.08 Å². The van der Waals surface area contributed by atoms with Gasteiger partial charge in [0.2, 0.25) is 0 Å². The van der Waals surface area contributed by atoms with Gasteiger partial charge >= 0.3 is 10.1 Å². The van der Waals surface area contributed by atoms with Gasteiger partial charge in [-0.15, -0.1) is 0 Å². The number of carbonyl (C=O) groups is 1. The molecule has 1 fully saturated rings. The fourth-order valence-corrected chi connectivity index (χ4v) is 5.00. The molecule has 10 heteroatoms. The number of amidine groups is 1. The summed E-state index contributed by atoms with van der Waals surface area (Å²) in [5, 5.41) is 3.77. The van der Waals surface area contributed by atoms with Gasteiger partial charge in [0.25, 0.3) is 5.91 Å². The Morgan fingerprint density at radius 2 is 1.74 bits per heavy atom. The quantitative estimate of drug-likeness (QED) is 0.312. The molecule has 0 radical (unpaired) electrons. The van der Waals surface area contributed by atoms with Crippen molar-refractivity contribution in [3.8, 4) is 11.5 Å². The average Bonchev–Trinajstić information content (AvgIpc) is 3.16. The Kier molecular flexibility index (Phi) is 7.49. The zero-order valence-corrected chi connectivity index (χ0v) is 21.2. The number of aryl methyl sites for hydroxylation is 1. The monoisotopic (exact) mass is 528 g/mol. The van der Waals surface area contributed by atoms with E-state index in [4.69, 9.17) is 20.5 Å². The minimum absolute atomic E-state index is 0.0447. The van der Waals surface area contributed by atoms with Gasteiger partial charge in [-0.1, -0.05) is 35.4 Å². The number of hydrogen-bond acceptors (Lipinski definition) is 7. The van der Waals surface area contributed by atoms with E-state index >= 15 is 0 Å². The van der Waals surface area contributed by atoms with Gasteiger partial charge in [-0.25, -0.2) is 4.99 Å². The van der Waals surface area contributed by atoms with Gasteiger partial charge < -0.3 is 14.2 Å². The molecule has 1 heterocycles. The summed E-state index contributed by atoms with van der Waals surface area (Å²) in [6, 6.07) is 18.1. The van der Waals surface area contributed by atoms with Gasteiger partial charge in [0.1, 0.15) is 4.90 Å². The third kappa shape index (κ3) is 6.25. The largest absolute Gasteiger partial charge is 0.490 e. The normalized spacial score (nSPS) is 15.9. The van der Waals surface area contributed by atoms with E-state index in [1.54, 1.807) is 61.5 Å². The number of rotatable bonds is 7. The van der Waals surface area contributed by atoms with E-state index in [9.17, 15) is 13.2 Å². The number of aliphatic imine (C=N–C) groups is 1. The predicted octanol–water partition coefficient (Wildman–Crippen LogP) is 5.71. The summed E-state index contributed by atoms with van der Waals surface area (Å²) < 4.78 is 36.4. The number of thioether (sulfide) groups is 1. The molecule has 1 saturated heterocycles. The first-order valence-electron chi connectivity index (χ1n) is 10.6. The van der Waals surface area contributed by atoms with Crippen LogP contribution in [0.15, 0.2) is 81.5 Å². The van der Waals surface area contributed by atoms with E-state index in [1.807, 2.05) is 6.92 Å². The molecule has 1 N–H and O–H groups in total. The highest BCUT2D eigenvalue weighted by Gasteiger charge is 2.24. The van der Waals surface area contributed by atoms with Gasteiger partial charge in [0.15, 0.2) is 16.7 Å². The Morgan fingerprint density at radius 3 is 2.43 bits per heavy atom. The lowest BCUT2D eigenvalue weighted by Crippen LogP contribution is -2.19. The standard InChI is InChI=1S/C25H21ClN2O5S2/c1-3-32-22-14-17(6-13-21(22)33-35(30,31)20-11-4-16(2)5-12-20)15-23-24(29)28-25(34-23)27-19-9-7-18(26)8-10-19/h4-15H,3H2,1-2H3,(H,27,28,29)/b23-15+. The molecule has 3 aromatic rings. The number of benzene rings is 3. The number of ether oxygens (including phenoxy) is 1. The number of hydrogen-bond donors (Lipinski definition) is 1. The number of amides is 1.